The fourth-order valence-electron chi connectivity index (χ4n) is 1.52. The highest BCUT2D eigenvalue weighted by Gasteiger charge is 2.11. The van der Waals surface area contributed by atoms with Gasteiger partial charge in [0.15, 0.2) is 5.78 Å². The highest BCUT2D eigenvalue weighted by atomic mass is 127. The summed E-state index contributed by atoms with van der Waals surface area (Å²) in [6.45, 7) is 0. The van der Waals surface area contributed by atoms with Crippen molar-refractivity contribution in [1.82, 2.24) is 4.98 Å². The molecule has 0 aliphatic rings. The molecule has 5 heteroatoms. The average molecular weight is 366 g/mol. The van der Waals surface area contributed by atoms with Gasteiger partial charge in [-0.3, -0.25) is 14.6 Å². The van der Waals surface area contributed by atoms with Gasteiger partial charge in [0.05, 0.1) is 6.42 Å². The number of aromatic nitrogens is 1. The summed E-state index contributed by atoms with van der Waals surface area (Å²) in [5.41, 5.74) is 1.18. The van der Waals surface area contributed by atoms with Crippen LogP contribution in [0.3, 0.4) is 0 Å². The second-order valence-corrected chi connectivity index (χ2v) is 5.14. The number of benzene rings is 1. The van der Waals surface area contributed by atoms with Gasteiger partial charge in [-0.2, -0.15) is 0 Å². The van der Waals surface area contributed by atoms with Crippen LogP contribution in [0, 0.1) is 3.57 Å². The lowest BCUT2D eigenvalue weighted by molar-refractivity contribution is -0.115. The molecule has 0 radical (unpaired) electrons. The number of ketones is 1. The molecule has 0 atom stereocenters. The topological polar surface area (TPSA) is 59.1 Å². The van der Waals surface area contributed by atoms with Crippen molar-refractivity contribution in [2.75, 3.05) is 5.32 Å². The molecule has 1 aromatic heterocycles. The Morgan fingerprint density at radius 3 is 2.32 bits per heavy atom. The molecule has 0 aliphatic heterocycles. The Bertz CT molecular complexity index is 582. The molecule has 0 spiro atoms. The van der Waals surface area contributed by atoms with Crippen molar-refractivity contribution in [1.29, 1.82) is 0 Å². The Hall–Kier alpha value is -1.76. The van der Waals surface area contributed by atoms with Crippen molar-refractivity contribution in [3.63, 3.8) is 0 Å². The van der Waals surface area contributed by atoms with Crippen LogP contribution >= 0.6 is 22.6 Å². The first-order chi connectivity index (χ1) is 9.15. The van der Waals surface area contributed by atoms with E-state index in [1.165, 1.54) is 12.4 Å². The lowest BCUT2D eigenvalue weighted by Crippen LogP contribution is -2.16. The van der Waals surface area contributed by atoms with Gasteiger partial charge in [-0.1, -0.05) is 0 Å². The third-order valence-electron chi connectivity index (χ3n) is 2.45. The van der Waals surface area contributed by atoms with E-state index in [-0.39, 0.29) is 18.1 Å². The first kappa shape index (κ1) is 13.7. The van der Waals surface area contributed by atoms with Crippen LogP contribution in [0.4, 0.5) is 5.69 Å². The van der Waals surface area contributed by atoms with Crippen LogP contribution in [0.2, 0.25) is 0 Å². The number of pyridine rings is 1. The molecule has 0 saturated heterocycles. The van der Waals surface area contributed by atoms with Gasteiger partial charge in [0.1, 0.15) is 0 Å². The number of amides is 1. The van der Waals surface area contributed by atoms with Crippen LogP contribution in [-0.2, 0) is 4.79 Å². The summed E-state index contributed by atoms with van der Waals surface area (Å²) in [7, 11) is 0. The van der Waals surface area contributed by atoms with Gasteiger partial charge in [0, 0.05) is 27.2 Å². The van der Waals surface area contributed by atoms with Crippen LogP contribution in [0.25, 0.3) is 0 Å². The zero-order valence-electron chi connectivity index (χ0n) is 9.97. The smallest absolute Gasteiger partial charge is 0.232 e. The number of carbonyl (C=O) groups excluding carboxylic acids is 2. The SMILES string of the molecule is O=C(CC(=O)c1ccncc1)Nc1ccc(I)cc1. The summed E-state index contributed by atoms with van der Waals surface area (Å²) in [5.74, 6) is -0.534. The van der Waals surface area contributed by atoms with E-state index >= 15 is 0 Å². The minimum atomic E-state index is -0.317. The molecule has 96 valence electrons. The van der Waals surface area contributed by atoms with E-state index in [2.05, 4.69) is 32.9 Å². The summed E-state index contributed by atoms with van der Waals surface area (Å²) in [5, 5.41) is 2.69. The summed E-state index contributed by atoms with van der Waals surface area (Å²) in [4.78, 5) is 27.4. The molecule has 0 saturated carbocycles. The fraction of sp³-hybridized carbons (Fsp3) is 0.0714. The first-order valence-corrected chi connectivity index (χ1v) is 6.71. The monoisotopic (exact) mass is 366 g/mol. The number of halogens is 1. The minimum absolute atomic E-state index is 0.171. The number of anilines is 1. The Balaban J connectivity index is 1.95. The van der Waals surface area contributed by atoms with Gasteiger partial charge in [-0.15, -0.1) is 0 Å². The third kappa shape index (κ3) is 4.13. The maximum absolute atomic E-state index is 11.8. The lowest BCUT2D eigenvalue weighted by Gasteiger charge is -2.04. The molecular formula is C14H11IN2O2. The maximum atomic E-state index is 11.8. The molecular weight excluding hydrogens is 355 g/mol. The molecule has 2 aromatic rings. The van der Waals surface area contributed by atoms with E-state index in [9.17, 15) is 9.59 Å². The van der Waals surface area contributed by atoms with Gasteiger partial charge in [-0.25, -0.2) is 0 Å². The number of Topliss-reactive ketones (excluding diaryl/α,β-unsaturated/α-hetero) is 1. The molecule has 0 fully saturated rings. The van der Waals surface area contributed by atoms with E-state index in [1.807, 2.05) is 12.1 Å². The number of rotatable bonds is 4. The minimum Gasteiger partial charge on any atom is -0.326 e. The molecule has 1 heterocycles. The first-order valence-electron chi connectivity index (χ1n) is 5.64. The molecule has 1 N–H and O–H groups in total. The summed E-state index contributed by atoms with van der Waals surface area (Å²) in [6.07, 6.45) is 2.89. The Morgan fingerprint density at radius 2 is 1.68 bits per heavy atom. The van der Waals surface area contributed by atoms with E-state index in [0.29, 0.717) is 11.3 Å². The molecule has 0 unspecified atom stereocenters. The van der Waals surface area contributed by atoms with Crippen LogP contribution < -0.4 is 5.32 Å². The molecule has 0 aliphatic carbocycles. The predicted octanol–water partition coefficient (Wildman–Crippen LogP) is 2.90. The van der Waals surface area contributed by atoms with Gasteiger partial charge < -0.3 is 5.32 Å². The fourth-order valence-corrected chi connectivity index (χ4v) is 1.88. The number of hydrogen-bond acceptors (Lipinski definition) is 3. The molecule has 1 aromatic carbocycles. The zero-order valence-corrected chi connectivity index (χ0v) is 12.1. The van der Waals surface area contributed by atoms with E-state index < -0.39 is 0 Å². The number of carbonyl (C=O) groups is 2. The van der Waals surface area contributed by atoms with E-state index in [1.54, 1.807) is 24.3 Å². The summed E-state index contributed by atoms with van der Waals surface area (Å²) in [6, 6.07) is 10.6. The van der Waals surface area contributed by atoms with Crippen molar-refractivity contribution in [2.24, 2.45) is 0 Å². The predicted molar refractivity (Wildman–Crippen MR) is 81.0 cm³/mol. The normalized spacial score (nSPS) is 9.95. The second-order valence-electron chi connectivity index (χ2n) is 3.89. The van der Waals surface area contributed by atoms with Gasteiger partial charge in [0.25, 0.3) is 0 Å². The molecule has 4 nitrogen and oxygen atoms in total. The molecule has 2 rings (SSSR count). The number of nitrogens with zero attached hydrogens (tertiary/aromatic N) is 1. The highest BCUT2D eigenvalue weighted by Crippen LogP contribution is 2.12. The van der Waals surface area contributed by atoms with Crippen LogP contribution in [0.15, 0.2) is 48.8 Å². The van der Waals surface area contributed by atoms with Crippen LogP contribution in [0.1, 0.15) is 16.8 Å². The van der Waals surface area contributed by atoms with Crippen molar-refractivity contribution >= 4 is 40.0 Å². The highest BCUT2D eigenvalue weighted by molar-refractivity contribution is 14.1. The number of nitrogens with one attached hydrogen (secondary N) is 1. The Morgan fingerprint density at radius 1 is 1.05 bits per heavy atom. The third-order valence-corrected chi connectivity index (χ3v) is 3.17. The lowest BCUT2D eigenvalue weighted by atomic mass is 10.1. The van der Waals surface area contributed by atoms with Crippen LogP contribution in [0.5, 0.6) is 0 Å². The van der Waals surface area contributed by atoms with Crippen molar-refractivity contribution in [2.45, 2.75) is 6.42 Å². The van der Waals surface area contributed by atoms with Gasteiger partial charge >= 0.3 is 0 Å². The molecule has 19 heavy (non-hydrogen) atoms. The summed E-state index contributed by atoms with van der Waals surface area (Å²) < 4.78 is 1.09. The average Bonchev–Trinajstić information content (AvgIpc) is 2.42. The second kappa shape index (κ2) is 6.42. The summed E-state index contributed by atoms with van der Waals surface area (Å²) >= 11 is 2.19. The largest absolute Gasteiger partial charge is 0.326 e. The van der Waals surface area contributed by atoms with Crippen molar-refractivity contribution < 1.29 is 9.59 Å². The van der Waals surface area contributed by atoms with Crippen molar-refractivity contribution in [3.8, 4) is 0 Å². The Kier molecular flexibility index (Phi) is 4.62. The van der Waals surface area contributed by atoms with Gasteiger partial charge in [-0.05, 0) is 59.0 Å². The molecule has 0 bridgehead atoms. The standard InChI is InChI=1S/C14H11IN2O2/c15-11-1-3-12(4-2-11)17-14(19)9-13(18)10-5-7-16-8-6-10/h1-8H,9H2,(H,17,19). The molecule has 1 amide bonds. The van der Waals surface area contributed by atoms with Crippen LogP contribution in [-0.4, -0.2) is 16.7 Å². The van der Waals surface area contributed by atoms with E-state index in [0.717, 1.165) is 3.57 Å². The zero-order chi connectivity index (χ0) is 13.7. The number of hydrogen-bond donors (Lipinski definition) is 1. The van der Waals surface area contributed by atoms with Crippen molar-refractivity contribution in [3.05, 3.63) is 57.9 Å². The Labute approximate surface area is 124 Å². The van der Waals surface area contributed by atoms with Gasteiger partial charge in [0.2, 0.25) is 5.91 Å². The quantitative estimate of drug-likeness (QED) is 0.514. The maximum Gasteiger partial charge on any atom is 0.232 e. The van der Waals surface area contributed by atoms with E-state index in [4.69, 9.17) is 0 Å².